The fraction of sp³-hybridized carbons (Fsp3) is 0.100. The maximum absolute atomic E-state index is 4.93. The van der Waals surface area contributed by atoms with Gasteiger partial charge in [0.1, 0.15) is 0 Å². The number of halogens is 2. The summed E-state index contributed by atoms with van der Waals surface area (Å²) in [5, 5.41) is 8.51. The second kappa shape index (κ2) is 7.70. The molecule has 0 bridgehead atoms. The van der Waals surface area contributed by atoms with E-state index >= 15 is 0 Å². The molecule has 4 aromatic rings. The van der Waals surface area contributed by atoms with E-state index in [0.717, 1.165) is 0 Å². The van der Waals surface area contributed by atoms with Crippen LogP contribution in [-0.2, 0) is 20.8 Å². The topological polar surface area (TPSA) is 0 Å². The third-order valence-corrected chi connectivity index (χ3v) is 8.14. The summed E-state index contributed by atoms with van der Waals surface area (Å²) in [6.07, 6.45) is 0. The second-order valence-electron chi connectivity index (χ2n) is 6.44. The zero-order valence-electron chi connectivity index (χ0n) is 13.7. The van der Waals surface area contributed by atoms with Crippen LogP contribution in [0.1, 0.15) is 0 Å². The van der Waals surface area contributed by atoms with Gasteiger partial charge in [0.05, 0.1) is 8.07 Å². The Bertz CT molecular complexity index is 810. The van der Waals surface area contributed by atoms with Crippen LogP contribution < -0.4 is 10.4 Å². The molecule has 24 heavy (non-hydrogen) atoms. The van der Waals surface area contributed by atoms with Gasteiger partial charge in [-0.2, -0.15) is 22.9 Å². The van der Waals surface area contributed by atoms with E-state index in [1.807, 2.05) is 0 Å². The van der Waals surface area contributed by atoms with Crippen molar-refractivity contribution >= 4 is 57.0 Å². The summed E-state index contributed by atoms with van der Waals surface area (Å²) in [6.45, 7) is 4.91. The van der Waals surface area contributed by atoms with Gasteiger partial charge in [0.2, 0.25) is 0 Å². The maximum atomic E-state index is 4.93. The average molecular weight is 449 g/mol. The van der Waals surface area contributed by atoms with Crippen LogP contribution in [0.15, 0.2) is 72.8 Å². The molecule has 0 saturated carbocycles. The van der Waals surface area contributed by atoms with E-state index in [2.05, 4.69) is 85.9 Å². The molecule has 0 nitrogen and oxygen atoms in total. The van der Waals surface area contributed by atoms with Gasteiger partial charge in [-0.3, -0.25) is 0 Å². The quantitative estimate of drug-likeness (QED) is 0.275. The Morgan fingerprint density at radius 3 is 1.50 bits per heavy atom. The van der Waals surface area contributed by atoms with Crippen LogP contribution in [0.2, 0.25) is 13.1 Å². The molecule has 0 aliphatic carbocycles. The molecule has 0 aromatic heterocycles. The summed E-state index contributed by atoms with van der Waals surface area (Å²) in [6, 6.07) is 26.9. The van der Waals surface area contributed by atoms with Gasteiger partial charge >= 0.3 is 37.9 Å². The fourth-order valence-corrected chi connectivity index (χ4v) is 5.59. The van der Waals surface area contributed by atoms with E-state index < -0.39 is 28.9 Å². The first-order valence-electron chi connectivity index (χ1n) is 7.84. The van der Waals surface area contributed by atoms with Gasteiger partial charge in [0, 0.05) is 0 Å². The zero-order chi connectivity index (χ0) is 17.2. The van der Waals surface area contributed by atoms with Crippen LogP contribution in [0.3, 0.4) is 0 Å². The molecule has 120 valence electrons. The van der Waals surface area contributed by atoms with Gasteiger partial charge in [-0.15, -0.1) is 69.7 Å². The summed E-state index contributed by atoms with van der Waals surface area (Å²) in [4.78, 5) is 0. The van der Waals surface area contributed by atoms with Crippen molar-refractivity contribution in [1.82, 2.24) is 0 Å². The third kappa shape index (κ3) is 3.63. The first-order valence-corrected chi connectivity index (χ1v) is 17.2. The molecule has 4 heteroatoms. The minimum atomic E-state index is -1.62. The van der Waals surface area contributed by atoms with E-state index in [4.69, 9.17) is 17.0 Å². The van der Waals surface area contributed by atoms with Crippen molar-refractivity contribution in [1.29, 1.82) is 0 Å². The molecule has 0 aliphatic heterocycles. The number of hydrogen-bond acceptors (Lipinski definition) is 0. The van der Waals surface area contributed by atoms with Crippen LogP contribution in [0.5, 0.6) is 0 Å². The van der Waals surface area contributed by atoms with Crippen molar-refractivity contribution < 1.29 is 20.8 Å². The molecule has 0 N–H and O–H groups in total. The first kappa shape index (κ1) is 18.1. The van der Waals surface area contributed by atoms with Crippen LogP contribution in [0.4, 0.5) is 0 Å². The fourth-order valence-electron chi connectivity index (χ4n) is 3.19. The molecule has 0 heterocycles. The first-order chi connectivity index (χ1) is 11.6. The van der Waals surface area contributed by atoms with Gasteiger partial charge in [-0.1, -0.05) is 25.2 Å². The Balaban J connectivity index is 0.000000526. The van der Waals surface area contributed by atoms with Crippen molar-refractivity contribution in [2.75, 3.05) is 0 Å². The molecule has 0 saturated heterocycles. The van der Waals surface area contributed by atoms with E-state index in [0.29, 0.717) is 0 Å². The predicted octanol–water partition coefficient (Wildman–Crippen LogP) is 5.63. The normalized spacial score (nSPS) is 11.2. The van der Waals surface area contributed by atoms with Crippen molar-refractivity contribution in [3.63, 3.8) is 0 Å². The van der Waals surface area contributed by atoms with Crippen molar-refractivity contribution in [2.24, 2.45) is 0 Å². The number of rotatable bonds is 2. The number of hydrogen-bond donors (Lipinski definition) is 0. The molecule has 0 radical (unpaired) electrons. The molecule has 0 spiro atoms. The molecule has 0 atom stereocenters. The third-order valence-electron chi connectivity index (χ3n) is 4.68. The standard InChI is InChI=1S/C20H18Si.2ClH.Zr/c1-21(2,19-11-15-7-3-4-8-16(15)12-19)20-13-17-9-5-6-10-18(17)14-20;;;/h3-14H,1-2H3;2*1H;/q-2;;;+4/p-2. The molecule has 0 aliphatic rings. The minimum absolute atomic E-state index is 0.826. The molecule has 0 fully saturated rings. The molecular formula is C20H18Cl2SiZr. The van der Waals surface area contributed by atoms with Gasteiger partial charge in [0.25, 0.3) is 0 Å². The van der Waals surface area contributed by atoms with Gasteiger partial charge in [0.15, 0.2) is 0 Å². The summed E-state index contributed by atoms with van der Waals surface area (Å²) in [7, 11) is 8.25. The average Bonchev–Trinajstić information content (AvgIpc) is 3.20. The van der Waals surface area contributed by atoms with Crippen molar-refractivity contribution in [3.05, 3.63) is 72.8 Å². The summed E-state index contributed by atoms with van der Waals surface area (Å²) in [5.41, 5.74) is 0. The van der Waals surface area contributed by atoms with E-state index in [9.17, 15) is 0 Å². The van der Waals surface area contributed by atoms with Crippen molar-refractivity contribution in [3.8, 4) is 0 Å². The molecule has 0 unspecified atom stereocenters. The molecule has 4 aromatic carbocycles. The van der Waals surface area contributed by atoms with Crippen LogP contribution in [0.25, 0.3) is 21.5 Å². The predicted molar refractivity (Wildman–Crippen MR) is 108 cm³/mol. The Kier molecular flexibility index (Phi) is 5.82. The van der Waals surface area contributed by atoms with Crippen LogP contribution in [0, 0.1) is 0 Å². The van der Waals surface area contributed by atoms with Gasteiger partial charge in [-0.05, 0) is 0 Å². The van der Waals surface area contributed by atoms with E-state index in [-0.39, 0.29) is 0 Å². The van der Waals surface area contributed by atoms with Crippen molar-refractivity contribution in [2.45, 2.75) is 13.1 Å². The molecular weight excluding hydrogens is 430 g/mol. The van der Waals surface area contributed by atoms with Gasteiger partial charge in [-0.25, -0.2) is 0 Å². The van der Waals surface area contributed by atoms with Crippen LogP contribution >= 0.6 is 17.0 Å². The Morgan fingerprint density at radius 2 is 1.12 bits per heavy atom. The number of benzene rings is 2. The molecule has 0 amide bonds. The van der Waals surface area contributed by atoms with Gasteiger partial charge < -0.3 is 0 Å². The summed E-state index contributed by atoms with van der Waals surface area (Å²) in [5.74, 6) is 0. The Morgan fingerprint density at radius 1 is 0.750 bits per heavy atom. The molecule has 4 rings (SSSR count). The Hall–Kier alpha value is -0.660. The number of fused-ring (bicyclic) bond motifs is 2. The summed E-state index contributed by atoms with van der Waals surface area (Å²) < 4.78 is 0. The summed E-state index contributed by atoms with van der Waals surface area (Å²) >= 11 is -0.826. The van der Waals surface area contributed by atoms with Crippen LogP contribution in [-0.4, -0.2) is 8.07 Å². The van der Waals surface area contributed by atoms with E-state index in [1.165, 1.54) is 31.9 Å². The van der Waals surface area contributed by atoms with E-state index in [1.54, 1.807) is 0 Å². The monoisotopic (exact) mass is 446 g/mol. The second-order valence-corrected chi connectivity index (χ2v) is 14.6. The Labute approximate surface area is 162 Å². The zero-order valence-corrected chi connectivity index (χ0v) is 18.7. The SMILES string of the molecule is C[Si](C)(c1cc2ccccc2[cH-]1)c1cc2ccccc2[cH-]1.[Cl][Zr+2][Cl].